The van der Waals surface area contributed by atoms with Crippen molar-refractivity contribution in [3.63, 3.8) is 0 Å². The molecule has 3 aromatic rings. The summed E-state index contributed by atoms with van der Waals surface area (Å²) in [5.74, 6) is 1.06. The van der Waals surface area contributed by atoms with Crippen LogP contribution in [0, 0.1) is 0 Å². The van der Waals surface area contributed by atoms with E-state index in [0.717, 1.165) is 12.1 Å². The molecule has 0 radical (unpaired) electrons. The molecule has 0 saturated carbocycles. The topological polar surface area (TPSA) is 57.2 Å². The summed E-state index contributed by atoms with van der Waals surface area (Å²) in [7, 11) is 0. The van der Waals surface area contributed by atoms with Gasteiger partial charge in [0.05, 0.1) is 11.1 Å². The van der Waals surface area contributed by atoms with Crippen molar-refractivity contribution < 1.29 is 22.7 Å². The molecule has 0 aromatic heterocycles. The molecule has 0 aliphatic carbocycles. The molecule has 2 amide bonds. The lowest BCUT2D eigenvalue weighted by molar-refractivity contribution is -0.137. The fraction of sp³-hybridized carbons (Fsp3) is 0.200. The van der Waals surface area contributed by atoms with E-state index in [1.807, 2.05) is 17.0 Å². The average molecular weight is 501 g/mol. The molecule has 1 fully saturated rings. The fourth-order valence-electron chi connectivity index (χ4n) is 4.03. The lowest BCUT2D eigenvalue weighted by atomic mass is 10.1. The number of anilines is 1. The second-order valence-electron chi connectivity index (χ2n) is 8.13. The summed E-state index contributed by atoms with van der Waals surface area (Å²) in [5.41, 5.74) is 0.796. The van der Waals surface area contributed by atoms with Crippen LogP contribution >= 0.6 is 11.6 Å². The van der Waals surface area contributed by atoms with E-state index in [0.29, 0.717) is 59.7 Å². The quantitative estimate of drug-likeness (QED) is 0.421. The van der Waals surface area contributed by atoms with Crippen LogP contribution in [0.25, 0.3) is 0 Å². The Kier molecular flexibility index (Phi) is 6.02. The number of fused-ring (bicyclic) bond motifs is 2. The molecule has 3 aromatic carbocycles. The minimum Gasteiger partial charge on any atom is -0.454 e. The first kappa shape index (κ1) is 23.0. The highest BCUT2D eigenvalue weighted by atomic mass is 35.5. The van der Waals surface area contributed by atoms with Crippen LogP contribution in [0.2, 0.25) is 5.02 Å². The third-order valence-corrected chi connectivity index (χ3v) is 6.04. The standard InChI is InChI=1S/C25H20ClF3N4O2/c26-17-4-3-5-18(15-17)30-24(34)33-12-10-32(11-13-33)23-19-6-1-2-7-21(19)35-22-14-16(25(27,28)29)8-9-20(22)31-23/h1-9,14-15H,10-13H2,(H,30,34). The number of rotatable bonds is 1. The first-order valence-electron chi connectivity index (χ1n) is 10.9. The second kappa shape index (κ2) is 9.14. The molecule has 0 bridgehead atoms. The second-order valence-corrected chi connectivity index (χ2v) is 8.56. The number of hydrogen-bond acceptors (Lipinski definition) is 4. The largest absolute Gasteiger partial charge is 0.454 e. The van der Waals surface area contributed by atoms with Gasteiger partial charge in [-0.3, -0.25) is 0 Å². The van der Waals surface area contributed by atoms with Gasteiger partial charge >= 0.3 is 12.2 Å². The highest BCUT2D eigenvalue weighted by Gasteiger charge is 2.33. The van der Waals surface area contributed by atoms with E-state index in [4.69, 9.17) is 21.3 Å². The number of carbonyl (C=O) groups excluding carboxylic acids is 1. The van der Waals surface area contributed by atoms with Gasteiger partial charge in [0.2, 0.25) is 0 Å². The van der Waals surface area contributed by atoms with Crippen LogP contribution < -0.4 is 10.1 Å². The number of alkyl halides is 3. The summed E-state index contributed by atoms with van der Waals surface area (Å²) in [6, 6.07) is 17.1. The van der Waals surface area contributed by atoms with E-state index in [-0.39, 0.29) is 11.8 Å². The number of amides is 2. The smallest absolute Gasteiger partial charge is 0.416 e. The zero-order valence-electron chi connectivity index (χ0n) is 18.3. The van der Waals surface area contributed by atoms with E-state index in [9.17, 15) is 18.0 Å². The van der Waals surface area contributed by atoms with Crippen molar-refractivity contribution in [1.82, 2.24) is 9.80 Å². The van der Waals surface area contributed by atoms with Gasteiger partial charge in [0.25, 0.3) is 0 Å². The lowest BCUT2D eigenvalue weighted by Crippen LogP contribution is -2.51. The predicted octanol–water partition coefficient (Wildman–Crippen LogP) is 6.39. The molecule has 0 unspecified atom stereocenters. The summed E-state index contributed by atoms with van der Waals surface area (Å²) in [5, 5.41) is 3.37. The van der Waals surface area contributed by atoms with Crippen molar-refractivity contribution in [3.05, 3.63) is 82.9 Å². The molecular weight excluding hydrogens is 481 g/mol. The van der Waals surface area contributed by atoms with Gasteiger partial charge in [-0.15, -0.1) is 0 Å². The van der Waals surface area contributed by atoms with Crippen LogP contribution in [0.3, 0.4) is 0 Å². The van der Waals surface area contributed by atoms with Crippen LogP contribution in [0.15, 0.2) is 71.7 Å². The summed E-state index contributed by atoms with van der Waals surface area (Å²) in [6.45, 7) is 1.86. The van der Waals surface area contributed by atoms with Gasteiger partial charge in [0, 0.05) is 36.9 Å². The maximum atomic E-state index is 13.2. The van der Waals surface area contributed by atoms with Gasteiger partial charge in [0.15, 0.2) is 5.75 Å². The summed E-state index contributed by atoms with van der Waals surface area (Å²) >= 11 is 5.99. The molecule has 1 N–H and O–H groups in total. The Morgan fingerprint density at radius 1 is 0.943 bits per heavy atom. The first-order valence-corrected chi connectivity index (χ1v) is 11.3. The molecule has 0 atom stereocenters. The molecule has 2 heterocycles. The summed E-state index contributed by atoms with van der Waals surface area (Å²) < 4.78 is 45.6. The Labute approximate surface area is 204 Å². The number of benzene rings is 3. The molecule has 5 rings (SSSR count). The van der Waals surface area contributed by atoms with E-state index in [2.05, 4.69) is 5.32 Å². The summed E-state index contributed by atoms with van der Waals surface area (Å²) in [6.07, 6.45) is -4.49. The van der Waals surface area contributed by atoms with E-state index >= 15 is 0 Å². The Balaban J connectivity index is 1.37. The van der Waals surface area contributed by atoms with Gasteiger partial charge < -0.3 is 19.9 Å². The molecule has 35 heavy (non-hydrogen) atoms. The SMILES string of the molecule is O=C(Nc1cccc(Cl)c1)N1CCN(C2=Nc3ccc(C(F)(F)F)cc3Oc3ccccc32)CC1. The number of ether oxygens (including phenoxy) is 1. The Hall–Kier alpha value is -3.72. The van der Waals surface area contributed by atoms with Crippen molar-refractivity contribution in [2.75, 3.05) is 31.5 Å². The number of halogens is 4. The van der Waals surface area contributed by atoms with E-state index in [1.54, 1.807) is 41.3 Å². The number of urea groups is 1. The molecule has 6 nitrogen and oxygen atoms in total. The van der Waals surface area contributed by atoms with Crippen molar-refractivity contribution in [3.8, 4) is 11.5 Å². The molecule has 180 valence electrons. The zero-order chi connectivity index (χ0) is 24.6. The minimum atomic E-state index is -4.49. The molecular formula is C25H20ClF3N4O2. The van der Waals surface area contributed by atoms with Crippen molar-refractivity contribution in [2.45, 2.75) is 6.18 Å². The van der Waals surface area contributed by atoms with Crippen LogP contribution in [0.1, 0.15) is 11.1 Å². The van der Waals surface area contributed by atoms with Gasteiger partial charge in [-0.1, -0.05) is 29.8 Å². The third-order valence-electron chi connectivity index (χ3n) is 5.80. The number of amidine groups is 1. The number of carbonyl (C=O) groups is 1. The fourth-order valence-corrected chi connectivity index (χ4v) is 4.22. The van der Waals surface area contributed by atoms with Crippen molar-refractivity contribution in [2.24, 2.45) is 4.99 Å². The van der Waals surface area contributed by atoms with Gasteiger partial charge in [0.1, 0.15) is 17.3 Å². The number of para-hydroxylation sites is 1. The van der Waals surface area contributed by atoms with Crippen molar-refractivity contribution in [1.29, 1.82) is 0 Å². The lowest BCUT2D eigenvalue weighted by Gasteiger charge is -2.36. The molecule has 2 aliphatic heterocycles. The average Bonchev–Trinajstić information content (AvgIpc) is 3.00. The maximum absolute atomic E-state index is 13.2. The number of hydrogen-bond donors (Lipinski definition) is 1. The van der Waals surface area contributed by atoms with E-state index < -0.39 is 11.7 Å². The molecule has 2 aliphatic rings. The van der Waals surface area contributed by atoms with Crippen LogP contribution in [0.5, 0.6) is 11.5 Å². The van der Waals surface area contributed by atoms with Crippen LogP contribution in [-0.4, -0.2) is 47.8 Å². The van der Waals surface area contributed by atoms with Gasteiger partial charge in [-0.25, -0.2) is 9.79 Å². The Morgan fingerprint density at radius 3 is 2.46 bits per heavy atom. The molecule has 0 spiro atoms. The van der Waals surface area contributed by atoms with Crippen LogP contribution in [0.4, 0.5) is 29.3 Å². The normalized spacial score (nSPS) is 15.4. The minimum absolute atomic E-state index is 0.0433. The number of nitrogens with zero attached hydrogens (tertiary/aromatic N) is 3. The molecule has 1 saturated heterocycles. The first-order chi connectivity index (χ1) is 16.8. The zero-order valence-corrected chi connectivity index (χ0v) is 19.1. The Morgan fingerprint density at radius 2 is 1.71 bits per heavy atom. The van der Waals surface area contributed by atoms with Gasteiger partial charge in [-0.05, 0) is 48.5 Å². The van der Waals surface area contributed by atoms with Gasteiger partial charge in [-0.2, -0.15) is 13.2 Å². The highest BCUT2D eigenvalue weighted by molar-refractivity contribution is 6.30. The monoisotopic (exact) mass is 500 g/mol. The number of piperazine rings is 1. The van der Waals surface area contributed by atoms with Crippen LogP contribution in [-0.2, 0) is 6.18 Å². The van der Waals surface area contributed by atoms with E-state index in [1.165, 1.54) is 6.07 Å². The maximum Gasteiger partial charge on any atom is 0.416 e. The molecule has 10 heteroatoms. The van der Waals surface area contributed by atoms with Crippen molar-refractivity contribution >= 4 is 34.8 Å². The number of nitrogens with one attached hydrogen (secondary N) is 1. The third kappa shape index (κ3) is 4.90. The predicted molar refractivity (Wildman–Crippen MR) is 128 cm³/mol. The number of aliphatic imine (C=N–C) groups is 1. The Bertz CT molecular complexity index is 1300. The highest BCUT2D eigenvalue weighted by Crippen LogP contribution is 2.41. The summed E-state index contributed by atoms with van der Waals surface area (Å²) in [4.78, 5) is 21.1.